The summed E-state index contributed by atoms with van der Waals surface area (Å²) in [4.78, 5) is 42.1. The van der Waals surface area contributed by atoms with Crippen LogP contribution in [0.5, 0.6) is 17.2 Å². The molecule has 0 spiro atoms. The van der Waals surface area contributed by atoms with E-state index in [1.807, 2.05) is 13.8 Å². The van der Waals surface area contributed by atoms with Crippen LogP contribution >= 0.6 is 17.0 Å². The molecule has 0 atom stereocenters. The van der Waals surface area contributed by atoms with Crippen LogP contribution in [-0.2, 0) is 11.3 Å². The predicted octanol–water partition coefficient (Wildman–Crippen LogP) is 3.86. The summed E-state index contributed by atoms with van der Waals surface area (Å²) in [5, 5.41) is 19.9. The van der Waals surface area contributed by atoms with E-state index in [4.69, 9.17) is 24.7 Å². The molecule has 212 valence electrons. The number of nitrogens with zero attached hydrogens (tertiary/aromatic N) is 2. The number of hydrogen-bond acceptors (Lipinski definition) is 8. The summed E-state index contributed by atoms with van der Waals surface area (Å²) in [5.74, 6) is -0.199. The second-order valence-corrected chi connectivity index (χ2v) is 9.01. The fourth-order valence-electron chi connectivity index (χ4n) is 3.95. The summed E-state index contributed by atoms with van der Waals surface area (Å²) in [6.07, 6.45) is 1.00. The molecule has 1 aromatic heterocycles. The van der Waals surface area contributed by atoms with Gasteiger partial charge in [0, 0.05) is 31.1 Å². The minimum Gasteiger partial charge on any atom is -0.491 e. The van der Waals surface area contributed by atoms with Crippen LogP contribution in [0.4, 0.5) is 0 Å². The van der Waals surface area contributed by atoms with Gasteiger partial charge in [-0.25, -0.2) is 4.98 Å². The summed E-state index contributed by atoms with van der Waals surface area (Å²) in [6.45, 7) is 6.44. The highest BCUT2D eigenvalue weighted by atomic mass is 79.9. The second-order valence-electron chi connectivity index (χ2n) is 9.01. The highest BCUT2D eigenvalue weighted by molar-refractivity contribution is 8.93. The number of benzene rings is 1. The van der Waals surface area contributed by atoms with E-state index in [9.17, 15) is 14.4 Å². The number of pyridine rings is 1. The molecule has 0 aliphatic carbocycles. The fraction of sp³-hybridized carbons (Fsp3) is 0.444. The number of amides is 1. The summed E-state index contributed by atoms with van der Waals surface area (Å²) < 4.78 is 17.2. The molecule has 3 N–H and O–H groups in total. The van der Waals surface area contributed by atoms with E-state index in [2.05, 4.69) is 10.3 Å². The average Bonchev–Trinajstić information content (AvgIpc) is 3.17. The van der Waals surface area contributed by atoms with Crippen molar-refractivity contribution in [2.45, 2.75) is 52.7 Å². The van der Waals surface area contributed by atoms with Crippen LogP contribution in [0, 0.1) is 5.41 Å². The summed E-state index contributed by atoms with van der Waals surface area (Å²) in [6, 6.07) is 6.63. The predicted molar refractivity (Wildman–Crippen MR) is 150 cm³/mol. The smallest absolute Gasteiger partial charge is 0.303 e. The van der Waals surface area contributed by atoms with Crippen LogP contribution in [0.15, 0.2) is 24.3 Å². The Morgan fingerprint density at radius 1 is 1.13 bits per heavy atom. The third kappa shape index (κ3) is 8.16. The topological polar surface area (TPSA) is 151 Å². The molecule has 0 fully saturated rings. The van der Waals surface area contributed by atoms with Crippen LogP contribution in [0.3, 0.4) is 0 Å². The quantitative estimate of drug-likeness (QED) is 0.215. The van der Waals surface area contributed by atoms with Gasteiger partial charge in [0.1, 0.15) is 11.5 Å². The molecule has 3 rings (SSSR count). The first kappa shape index (κ1) is 31.5. The monoisotopic (exact) mass is 606 g/mol. The van der Waals surface area contributed by atoms with Gasteiger partial charge in [0.25, 0.3) is 5.91 Å². The van der Waals surface area contributed by atoms with Gasteiger partial charge in [-0.2, -0.15) is 0 Å². The Hall–Kier alpha value is -3.67. The standard InChI is InChI=1S/C27H34N4O7.BrH/c1-5-36-22-13-18-14-31(26(28)24(18)30-25(22)27(35)29-4)15-19(32)17-9-10-20(21(12-17)38-16(2)3)37-11-7-6-8-23(33)34;/h9-10,12-13,16,28H,5-8,11,14-15H2,1-4H3,(H,29,35)(H,33,34);1H. The minimum atomic E-state index is -0.844. The van der Waals surface area contributed by atoms with Crippen molar-refractivity contribution < 1.29 is 33.7 Å². The molecule has 11 nitrogen and oxygen atoms in total. The Balaban J connectivity index is 0.00000533. The van der Waals surface area contributed by atoms with Gasteiger partial charge in [-0.05, 0) is 57.9 Å². The van der Waals surface area contributed by atoms with Crippen molar-refractivity contribution in [2.24, 2.45) is 0 Å². The van der Waals surface area contributed by atoms with Crippen LogP contribution in [0.1, 0.15) is 72.1 Å². The number of halogens is 1. The number of nitrogens with one attached hydrogen (secondary N) is 2. The normalized spacial score (nSPS) is 12.0. The van der Waals surface area contributed by atoms with Gasteiger partial charge in [0.05, 0.1) is 25.9 Å². The molecule has 0 saturated heterocycles. The number of ether oxygens (including phenoxy) is 3. The molecule has 0 radical (unpaired) electrons. The molecular formula is C27H35BrN4O7. The van der Waals surface area contributed by atoms with Crippen LogP contribution in [-0.4, -0.2) is 71.4 Å². The molecule has 12 heteroatoms. The number of hydrogen-bond donors (Lipinski definition) is 3. The van der Waals surface area contributed by atoms with E-state index in [0.29, 0.717) is 60.1 Å². The number of carbonyl (C=O) groups is 3. The van der Waals surface area contributed by atoms with Crippen molar-refractivity contribution in [1.29, 1.82) is 5.41 Å². The number of rotatable bonds is 14. The van der Waals surface area contributed by atoms with E-state index in [1.54, 1.807) is 36.1 Å². The first-order chi connectivity index (χ1) is 18.1. The number of amidine groups is 1. The lowest BCUT2D eigenvalue weighted by molar-refractivity contribution is -0.137. The average molecular weight is 608 g/mol. The molecule has 0 unspecified atom stereocenters. The largest absolute Gasteiger partial charge is 0.491 e. The van der Waals surface area contributed by atoms with E-state index in [0.717, 1.165) is 0 Å². The fourth-order valence-corrected chi connectivity index (χ4v) is 3.95. The van der Waals surface area contributed by atoms with Gasteiger partial charge < -0.3 is 29.5 Å². The van der Waals surface area contributed by atoms with E-state index >= 15 is 0 Å². The van der Waals surface area contributed by atoms with Crippen LogP contribution in [0.2, 0.25) is 0 Å². The van der Waals surface area contributed by atoms with Gasteiger partial charge >= 0.3 is 5.97 Å². The van der Waals surface area contributed by atoms with E-state index in [1.165, 1.54) is 7.05 Å². The van der Waals surface area contributed by atoms with Crippen molar-refractivity contribution in [3.05, 3.63) is 46.8 Å². The lowest BCUT2D eigenvalue weighted by Crippen LogP contribution is -2.30. The zero-order valence-corrected chi connectivity index (χ0v) is 24.2. The number of aromatic nitrogens is 1. The number of fused-ring (bicyclic) bond motifs is 1. The first-order valence-electron chi connectivity index (χ1n) is 12.6. The van der Waals surface area contributed by atoms with Gasteiger partial charge in [-0.15, -0.1) is 17.0 Å². The van der Waals surface area contributed by atoms with Gasteiger partial charge in [-0.3, -0.25) is 19.8 Å². The Bertz CT molecular complexity index is 1220. The maximum absolute atomic E-state index is 13.2. The zero-order valence-electron chi connectivity index (χ0n) is 22.5. The van der Waals surface area contributed by atoms with Gasteiger partial charge in [0.15, 0.2) is 28.7 Å². The molecule has 1 aromatic carbocycles. The van der Waals surface area contributed by atoms with Crippen LogP contribution < -0.4 is 19.5 Å². The molecule has 0 saturated carbocycles. The SMILES string of the molecule is Br.CCOc1cc2c(nc1C(=O)NC)C(=N)N(CC(=O)c1ccc(OCCCCC(=O)O)c(OC(C)C)c1)C2. The third-order valence-electron chi connectivity index (χ3n) is 5.72. The lowest BCUT2D eigenvalue weighted by atomic mass is 10.1. The number of carbonyl (C=O) groups excluding carboxylic acids is 2. The summed E-state index contributed by atoms with van der Waals surface area (Å²) in [5.41, 5.74) is 1.54. The molecule has 2 aromatic rings. The van der Waals surface area contributed by atoms with E-state index in [-0.39, 0.29) is 59.9 Å². The highest BCUT2D eigenvalue weighted by Gasteiger charge is 2.31. The molecule has 2 heterocycles. The maximum atomic E-state index is 13.2. The van der Waals surface area contributed by atoms with Gasteiger partial charge in [-0.1, -0.05) is 0 Å². The number of unbranched alkanes of at least 4 members (excludes halogenated alkanes) is 1. The van der Waals surface area contributed by atoms with Crippen molar-refractivity contribution in [3.8, 4) is 17.2 Å². The van der Waals surface area contributed by atoms with Crippen molar-refractivity contribution in [3.63, 3.8) is 0 Å². The maximum Gasteiger partial charge on any atom is 0.303 e. The Kier molecular flexibility index (Phi) is 11.7. The summed E-state index contributed by atoms with van der Waals surface area (Å²) in [7, 11) is 1.50. The molecule has 39 heavy (non-hydrogen) atoms. The molecule has 0 bridgehead atoms. The molecule has 1 aliphatic rings. The van der Waals surface area contributed by atoms with Crippen LogP contribution in [0.25, 0.3) is 0 Å². The second kappa shape index (κ2) is 14.5. The molecule has 1 amide bonds. The Labute approximate surface area is 238 Å². The number of ketones is 1. The number of carboxylic acids is 1. The molecular weight excluding hydrogens is 572 g/mol. The van der Waals surface area contributed by atoms with E-state index < -0.39 is 11.9 Å². The van der Waals surface area contributed by atoms with Crippen molar-refractivity contribution in [2.75, 3.05) is 26.8 Å². The Morgan fingerprint density at radius 2 is 1.87 bits per heavy atom. The lowest BCUT2D eigenvalue weighted by Gasteiger charge is -2.18. The number of aliphatic carboxylic acids is 1. The highest BCUT2D eigenvalue weighted by Crippen LogP contribution is 2.31. The Morgan fingerprint density at radius 3 is 2.51 bits per heavy atom. The number of carboxylic acid groups (broad SMARTS) is 1. The first-order valence-corrected chi connectivity index (χ1v) is 12.6. The van der Waals surface area contributed by atoms with Crippen molar-refractivity contribution in [1.82, 2.24) is 15.2 Å². The third-order valence-corrected chi connectivity index (χ3v) is 5.72. The minimum absolute atomic E-state index is 0. The molecule has 1 aliphatic heterocycles. The van der Waals surface area contributed by atoms with Gasteiger partial charge in [0.2, 0.25) is 0 Å². The number of Topliss-reactive ketones (excluding diaryl/α,β-unsaturated/α-hetero) is 1. The summed E-state index contributed by atoms with van der Waals surface area (Å²) >= 11 is 0. The zero-order chi connectivity index (χ0) is 27.8. The van der Waals surface area contributed by atoms with Crippen molar-refractivity contribution >= 4 is 40.5 Å².